The van der Waals surface area contributed by atoms with Crippen molar-refractivity contribution in [2.75, 3.05) is 13.1 Å². The first kappa shape index (κ1) is 15.3. The number of rotatable bonds is 4. The summed E-state index contributed by atoms with van der Waals surface area (Å²) in [6, 6.07) is 5.64. The molecule has 0 aromatic heterocycles. The second-order valence-corrected chi connectivity index (χ2v) is 6.11. The topological polar surface area (TPSA) is 41.1 Å². The van der Waals surface area contributed by atoms with Gasteiger partial charge in [-0.1, -0.05) is 18.2 Å². The summed E-state index contributed by atoms with van der Waals surface area (Å²) in [4.78, 5) is 12.1. The molecule has 0 radical (unpaired) electrons. The van der Waals surface area contributed by atoms with Gasteiger partial charge in [-0.05, 0) is 43.4 Å². The Bertz CT molecular complexity index is 553. The van der Waals surface area contributed by atoms with E-state index in [0.717, 1.165) is 31.5 Å². The van der Waals surface area contributed by atoms with Gasteiger partial charge in [-0.15, -0.1) is 0 Å². The number of alkyl halides is 3. The smallest absolute Gasteiger partial charge is 0.354 e. The van der Waals surface area contributed by atoms with Crippen LogP contribution < -0.4 is 10.6 Å². The Morgan fingerprint density at radius 3 is 2.86 bits per heavy atom. The zero-order valence-corrected chi connectivity index (χ0v) is 12.1. The highest BCUT2D eigenvalue weighted by Gasteiger charge is 2.44. The quantitative estimate of drug-likeness (QED) is 0.897. The molecule has 1 aliphatic carbocycles. The number of carbonyl (C=O) groups is 1. The molecule has 2 aliphatic rings. The summed E-state index contributed by atoms with van der Waals surface area (Å²) in [6.45, 7) is 1.58. The van der Waals surface area contributed by atoms with Crippen molar-refractivity contribution in [2.24, 2.45) is 5.92 Å². The second-order valence-electron chi connectivity index (χ2n) is 6.11. The van der Waals surface area contributed by atoms with Gasteiger partial charge in [-0.3, -0.25) is 4.79 Å². The van der Waals surface area contributed by atoms with Crippen molar-refractivity contribution in [1.82, 2.24) is 10.6 Å². The van der Waals surface area contributed by atoms with Crippen LogP contribution in [0.1, 0.15) is 36.3 Å². The standard InChI is InChI=1S/C16H19F3N2O/c17-16(18,19)11-4-1-3-10(7-11)13-8-14(13)15(22)21-9-12-5-2-6-20-12/h1,3-4,7,12-14,20H,2,5-6,8-9H2,(H,21,22). The fourth-order valence-electron chi connectivity index (χ4n) is 3.08. The lowest BCUT2D eigenvalue weighted by molar-refractivity contribution is -0.137. The molecule has 1 aliphatic heterocycles. The van der Waals surface area contributed by atoms with Gasteiger partial charge >= 0.3 is 6.18 Å². The van der Waals surface area contributed by atoms with E-state index in [2.05, 4.69) is 10.6 Å². The summed E-state index contributed by atoms with van der Waals surface area (Å²) in [5, 5.41) is 6.21. The van der Waals surface area contributed by atoms with Gasteiger partial charge in [0.25, 0.3) is 0 Å². The van der Waals surface area contributed by atoms with Gasteiger partial charge in [0.15, 0.2) is 0 Å². The Morgan fingerprint density at radius 1 is 1.36 bits per heavy atom. The van der Waals surface area contributed by atoms with Crippen LogP contribution in [0.5, 0.6) is 0 Å². The van der Waals surface area contributed by atoms with E-state index in [1.165, 1.54) is 6.07 Å². The number of nitrogens with one attached hydrogen (secondary N) is 2. The summed E-state index contributed by atoms with van der Waals surface area (Å²) in [7, 11) is 0. The third-order valence-corrected chi connectivity index (χ3v) is 4.45. The molecule has 1 saturated heterocycles. The van der Waals surface area contributed by atoms with Crippen molar-refractivity contribution < 1.29 is 18.0 Å². The Kier molecular flexibility index (Phi) is 4.12. The van der Waals surface area contributed by atoms with Gasteiger partial charge in [0.2, 0.25) is 5.91 Å². The lowest BCUT2D eigenvalue weighted by Crippen LogP contribution is -2.38. The van der Waals surface area contributed by atoms with Crippen LogP contribution in [0.25, 0.3) is 0 Å². The molecule has 2 N–H and O–H groups in total. The fourth-order valence-corrected chi connectivity index (χ4v) is 3.08. The van der Waals surface area contributed by atoms with Gasteiger partial charge in [0, 0.05) is 18.5 Å². The fraction of sp³-hybridized carbons (Fsp3) is 0.562. The normalized spacial score (nSPS) is 27.7. The van der Waals surface area contributed by atoms with Gasteiger partial charge in [0.05, 0.1) is 5.56 Å². The molecule has 3 atom stereocenters. The lowest BCUT2D eigenvalue weighted by Gasteiger charge is -2.11. The number of carbonyl (C=O) groups excluding carboxylic acids is 1. The predicted molar refractivity (Wildman–Crippen MR) is 76.3 cm³/mol. The molecule has 1 aromatic carbocycles. The van der Waals surface area contributed by atoms with E-state index in [1.54, 1.807) is 6.07 Å². The Hall–Kier alpha value is -1.56. The van der Waals surface area contributed by atoms with Gasteiger partial charge in [0.1, 0.15) is 0 Å². The number of halogens is 3. The minimum atomic E-state index is -4.34. The maximum Gasteiger partial charge on any atom is 0.416 e. The first-order valence-corrected chi connectivity index (χ1v) is 7.63. The molecular formula is C16H19F3N2O. The van der Waals surface area contributed by atoms with Crippen LogP contribution in [-0.4, -0.2) is 25.0 Å². The van der Waals surface area contributed by atoms with Crippen LogP contribution in [0.2, 0.25) is 0 Å². The van der Waals surface area contributed by atoms with Gasteiger partial charge in [-0.25, -0.2) is 0 Å². The Balaban J connectivity index is 1.56. The molecular weight excluding hydrogens is 293 g/mol. The summed E-state index contributed by atoms with van der Waals surface area (Å²) in [6.07, 6.45) is -1.53. The van der Waals surface area contributed by atoms with Crippen LogP contribution in [0.4, 0.5) is 13.2 Å². The largest absolute Gasteiger partial charge is 0.416 e. The average Bonchev–Trinajstić information content (AvgIpc) is 3.12. The van der Waals surface area contributed by atoms with E-state index in [9.17, 15) is 18.0 Å². The molecule has 120 valence electrons. The van der Waals surface area contributed by atoms with Crippen molar-refractivity contribution in [1.29, 1.82) is 0 Å². The Labute approximate surface area is 127 Å². The summed E-state index contributed by atoms with van der Waals surface area (Å²) < 4.78 is 38.1. The van der Waals surface area contributed by atoms with E-state index in [4.69, 9.17) is 0 Å². The zero-order valence-electron chi connectivity index (χ0n) is 12.1. The van der Waals surface area contributed by atoms with Crippen molar-refractivity contribution in [3.8, 4) is 0 Å². The molecule has 3 unspecified atom stereocenters. The summed E-state index contributed by atoms with van der Waals surface area (Å²) in [5.41, 5.74) is -0.0415. The maximum atomic E-state index is 12.7. The van der Waals surface area contributed by atoms with Crippen LogP contribution >= 0.6 is 0 Å². The highest BCUT2D eigenvalue weighted by molar-refractivity contribution is 5.82. The molecule has 3 nitrogen and oxygen atoms in total. The van der Waals surface area contributed by atoms with Crippen LogP contribution in [0.3, 0.4) is 0 Å². The van der Waals surface area contributed by atoms with Crippen LogP contribution in [0.15, 0.2) is 24.3 Å². The molecule has 2 fully saturated rings. The third-order valence-electron chi connectivity index (χ3n) is 4.45. The lowest BCUT2D eigenvalue weighted by atomic mass is 10.1. The third kappa shape index (κ3) is 3.43. The Morgan fingerprint density at radius 2 is 2.18 bits per heavy atom. The van der Waals surface area contributed by atoms with E-state index < -0.39 is 11.7 Å². The molecule has 22 heavy (non-hydrogen) atoms. The summed E-state index contributed by atoms with van der Waals surface area (Å²) >= 11 is 0. The SMILES string of the molecule is O=C(NCC1CCCN1)C1CC1c1cccc(C(F)(F)F)c1. The van der Waals surface area contributed by atoms with Crippen molar-refractivity contribution >= 4 is 5.91 Å². The van der Waals surface area contributed by atoms with Gasteiger partial charge in [-0.2, -0.15) is 13.2 Å². The average molecular weight is 312 g/mol. The molecule has 1 heterocycles. The first-order chi connectivity index (χ1) is 10.4. The molecule has 3 rings (SSSR count). The highest BCUT2D eigenvalue weighted by atomic mass is 19.4. The second kappa shape index (κ2) is 5.91. The minimum absolute atomic E-state index is 0.0453. The van der Waals surface area contributed by atoms with Crippen LogP contribution in [-0.2, 0) is 11.0 Å². The minimum Gasteiger partial charge on any atom is -0.354 e. The van der Waals surface area contributed by atoms with Crippen LogP contribution in [0, 0.1) is 5.92 Å². The predicted octanol–water partition coefficient (Wildman–Crippen LogP) is 2.68. The molecule has 1 saturated carbocycles. The molecule has 1 aromatic rings. The number of benzene rings is 1. The molecule has 6 heteroatoms. The van der Waals surface area contributed by atoms with E-state index in [1.807, 2.05) is 0 Å². The molecule has 1 amide bonds. The maximum absolute atomic E-state index is 12.7. The monoisotopic (exact) mass is 312 g/mol. The number of amides is 1. The summed E-state index contributed by atoms with van der Waals surface area (Å²) in [5.74, 6) is -0.320. The van der Waals surface area contributed by atoms with Gasteiger partial charge < -0.3 is 10.6 Å². The van der Waals surface area contributed by atoms with Crippen molar-refractivity contribution in [3.05, 3.63) is 35.4 Å². The van der Waals surface area contributed by atoms with E-state index in [-0.39, 0.29) is 17.7 Å². The number of hydrogen-bond donors (Lipinski definition) is 2. The molecule has 0 spiro atoms. The van der Waals surface area contributed by atoms with Crippen molar-refractivity contribution in [2.45, 2.75) is 37.4 Å². The number of hydrogen-bond acceptors (Lipinski definition) is 2. The van der Waals surface area contributed by atoms with E-state index >= 15 is 0 Å². The van der Waals surface area contributed by atoms with Crippen molar-refractivity contribution in [3.63, 3.8) is 0 Å². The zero-order chi connectivity index (χ0) is 15.7. The first-order valence-electron chi connectivity index (χ1n) is 7.63. The highest BCUT2D eigenvalue weighted by Crippen LogP contribution is 2.48. The molecule has 0 bridgehead atoms. The van der Waals surface area contributed by atoms with E-state index in [0.29, 0.717) is 24.6 Å².